The molecule has 0 radical (unpaired) electrons. The third-order valence-corrected chi connectivity index (χ3v) is 2.00. The molecule has 0 aliphatic heterocycles. The fourth-order valence-corrected chi connectivity index (χ4v) is 1.26. The van der Waals surface area contributed by atoms with Crippen LogP contribution in [0.4, 0.5) is 4.39 Å². The zero-order valence-electron chi connectivity index (χ0n) is 6.35. The van der Waals surface area contributed by atoms with Crippen LogP contribution in [0.3, 0.4) is 0 Å². The average molecular weight is 243 g/mol. The highest BCUT2D eigenvalue weighted by atomic mass is 79.9. The SMILES string of the molecule is Fc1ccc(-n2nnnc2Br)cc1. The van der Waals surface area contributed by atoms with Crippen molar-refractivity contribution in [3.63, 3.8) is 0 Å². The average Bonchev–Trinajstić information content (AvgIpc) is 2.53. The molecule has 0 amide bonds. The lowest BCUT2D eigenvalue weighted by atomic mass is 10.3. The lowest BCUT2D eigenvalue weighted by Gasteiger charge is -1.98. The maximum absolute atomic E-state index is 12.6. The number of hydrogen-bond donors (Lipinski definition) is 0. The summed E-state index contributed by atoms with van der Waals surface area (Å²) in [5.74, 6) is -0.284. The minimum atomic E-state index is -0.284. The first kappa shape index (κ1) is 8.31. The third-order valence-electron chi connectivity index (χ3n) is 1.50. The van der Waals surface area contributed by atoms with Gasteiger partial charge in [-0.2, -0.15) is 4.68 Å². The first-order valence-corrected chi connectivity index (χ1v) is 4.26. The molecule has 1 aromatic carbocycles. The van der Waals surface area contributed by atoms with Crippen LogP contribution in [0.15, 0.2) is 29.0 Å². The van der Waals surface area contributed by atoms with Crippen molar-refractivity contribution in [3.05, 3.63) is 34.8 Å². The molecule has 66 valence electrons. The summed E-state index contributed by atoms with van der Waals surface area (Å²) in [5.41, 5.74) is 0.707. The summed E-state index contributed by atoms with van der Waals surface area (Å²) >= 11 is 3.15. The van der Waals surface area contributed by atoms with Gasteiger partial charge in [-0.25, -0.2) is 4.39 Å². The molecule has 0 saturated heterocycles. The second-order valence-electron chi connectivity index (χ2n) is 2.34. The molecule has 1 aromatic heterocycles. The smallest absolute Gasteiger partial charge is 0.207 e. The molecule has 0 fully saturated rings. The Hall–Kier alpha value is -1.30. The van der Waals surface area contributed by atoms with E-state index in [4.69, 9.17) is 0 Å². The molecule has 13 heavy (non-hydrogen) atoms. The first-order valence-electron chi connectivity index (χ1n) is 3.47. The maximum atomic E-state index is 12.6. The Labute approximate surface area is 81.5 Å². The van der Waals surface area contributed by atoms with Gasteiger partial charge in [-0.15, -0.1) is 5.10 Å². The lowest BCUT2D eigenvalue weighted by Crippen LogP contribution is -1.96. The van der Waals surface area contributed by atoms with Gasteiger partial charge in [-0.1, -0.05) is 0 Å². The zero-order chi connectivity index (χ0) is 9.26. The van der Waals surface area contributed by atoms with Crippen molar-refractivity contribution >= 4 is 15.9 Å². The van der Waals surface area contributed by atoms with E-state index in [1.165, 1.54) is 16.8 Å². The van der Waals surface area contributed by atoms with Crippen LogP contribution in [0.2, 0.25) is 0 Å². The van der Waals surface area contributed by atoms with E-state index in [0.717, 1.165) is 0 Å². The second kappa shape index (κ2) is 3.21. The molecule has 0 saturated carbocycles. The van der Waals surface area contributed by atoms with E-state index in [1.807, 2.05) is 0 Å². The summed E-state index contributed by atoms with van der Waals surface area (Å²) in [4.78, 5) is 0. The Morgan fingerprint density at radius 2 is 1.92 bits per heavy atom. The van der Waals surface area contributed by atoms with Gasteiger partial charge in [-0.05, 0) is 50.6 Å². The van der Waals surface area contributed by atoms with Crippen LogP contribution in [0.5, 0.6) is 0 Å². The summed E-state index contributed by atoms with van der Waals surface area (Å²) in [6, 6.07) is 5.89. The highest BCUT2D eigenvalue weighted by Gasteiger charge is 2.03. The Kier molecular flexibility index (Phi) is 2.05. The Balaban J connectivity index is 2.47. The van der Waals surface area contributed by atoms with Gasteiger partial charge in [0.1, 0.15) is 5.82 Å². The number of aromatic nitrogens is 4. The topological polar surface area (TPSA) is 43.6 Å². The van der Waals surface area contributed by atoms with Crippen LogP contribution in [0, 0.1) is 5.82 Å². The monoisotopic (exact) mass is 242 g/mol. The van der Waals surface area contributed by atoms with E-state index in [-0.39, 0.29) is 5.82 Å². The summed E-state index contributed by atoms with van der Waals surface area (Å²) in [7, 11) is 0. The number of tetrazole rings is 1. The van der Waals surface area contributed by atoms with Gasteiger partial charge in [0.15, 0.2) is 0 Å². The molecule has 0 bridgehead atoms. The van der Waals surface area contributed by atoms with E-state index in [0.29, 0.717) is 10.4 Å². The summed E-state index contributed by atoms with van der Waals surface area (Å²) in [6.45, 7) is 0. The van der Waals surface area contributed by atoms with E-state index < -0.39 is 0 Å². The highest BCUT2D eigenvalue weighted by Crippen LogP contribution is 2.12. The molecule has 4 nitrogen and oxygen atoms in total. The molecule has 0 aliphatic rings. The zero-order valence-corrected chi connectivity index (χ0v) is 7.94. The molecule has 0 spiro atoms. The number of halogens is 2. The Bertz CT molecular complexity index is 411. The number of rotatable bonds is 1. The minimum absolute atomic E-state index is 0.284. The Morgan fingerprint density at radius 1 is 1.23 bits per heavy atom. The molecule has 0 unspecified atom stereocenters. The summed E-state index contributed by atoms with van der Waals surface area (Å²) in [5, 5.41) is 10.8. The maximum Gasteiger partial charge on any atom is 0.222 e. The van der Waals surface area contributed by atoms with Crippen molar-refractivity contribution in [3.8, 4) is 5.69 Å². The van der Waals surface area contributed by atoms with E-state index in [9.17, 15) is 4.39 Å². The standard InChI is InChI=1S/C7H4BrFN4/c8-7-10-11-12-13(7)6-3-1-5(9)2-4-6/h1-4H. The minimum Gasteiger partial charge on any atom is -0.207 e. The van der Waals surface area contributed by atoms with Gasteiger partial charge in [0.2, 0.25) is 4.73 Å². The third kappa shape index (κ3) is 1.57. The van der Waals surface area contributed by atoms with Crippen LogP contribution in [-0.4, -0.2) is 20.2 Å². The lowest BCUT2D eigenvalue weighted by molar-refractivity contribution is 0.626. The van der Waals surface area contributed by atoms with Gasteiger partial charge in [0.05, 0.1) is 5.69 Å². The van der Waals surface area contributed by atoms with Crippen LogP contribution in [0.25, 0.3) is 5.69 Å². The van der Waals surface area contributed by atoms with Gasteiger partial charge >= 0.3 is 0 Å². The summed E-state index contributed by atoms with van der Waals surface area (Å²) < 4.78 is 14.5. The molecule has 0 atom stereocenters. The molecular formula is C7H4BrFN4. The fraction of sp³-hybridized carbons (Fsp3) is 0. The second-order valence-corrected chi connectivity index (χ2v) is 3.05. The molecule has 0 aliphatic carbocycles. The highest BCUT2D eigenvalue weighted by molar-refractivity contribution is 9.10. The van der Waals surface area contributed by atoms with Crippen LogP contribution in [-0.2, 0) is 0 Å². The van der Waals surface area contributed by atoms with Gasteiger partial charge < -0.3 is 0 Å². The van der Waals surface area contributed by atoms with Crippen LogP contribution in [0.1, 0.15) is 0 Å². The summed E-state index contributed by atoms with van der Waals surface area (Å²) in [6.07, 6.45) is 0. The quantitative estimate of drug-likeness (QED) is 0.763. The number of hydrogen-bond acceptors (Lipinski definition) is 3. The van der Waals surface area contributed by atoms with Crippen molar-refractivity contribution in [2.45, 2.75) is 0 Å². The predicted octanol–water partition coefficient (Wildman–Crippen LogP) is 1.56. The number of benzene rings is 1. The van der Waals surface area contributed by atoms with E-state index >= 15 is 0 Å². The largest absolute Gasteiger partial charge is 0.222 e. The van der Waals surface area contributed by atoms with Crippen molar-refractivity contribution in [2.24, 2.45) is 0 Å². The fourth-order valence-electron chi connectivity index (χ4n) is 0.917. The molecular weight excluding hydrogens is 239 g/mol. The van der Waals surface area contributed by atoms with Gasteiger partial charge in [0, 0.05) is 0 Å². The molecule has 6 heteroatoms. The van der Waals surface area contributed by atoms with Crippen molar-refractivity contribution in [2.75, 3.05) is 0 Å². The predicted molar refractivity (Wildman–Crippen MR) is 46.8 cm³/mol. The molecule has 2 aromatic rings. The number of nitrogens with zero attached hydrogens (tertiary/aromatic N) is 4. The Morgan fingerprint density at radius 3 is 2.46 bits per heavy atom. The molecule has 1 heterocycles. The molecule has 0 N–H and O–H groups in total. The van der Waals surface area contributed by atoms with E-state index in [1.54, 1.807) is 12.1 Å². The molecule has 2 rings (SSSR count). The van der Waals surface area contributed by atoms with Crippen molar-refractivity contribution in [1.29, 1.82) is 0 Å². The van der Waals surface area contributed by atoms with Crippen molar-refractivity contribution < 1.29 is 4.39 Å². The van der Waals surface area contributed by atoms with Gasteiger partial charge in [-0.3, -0.25) is 0 Å². The van der Waals surface area contributed by atoms with E-state index in [2.05, 4.69) is 31.5 Å². The normalized spacial score (nSPS) is 10.3. The van der Waals surface area contributed by atoms with Crippen LogP contribution >= 0.6 is 15.9 Å². The van der Waals surface area contributed by atoms with Gasteiger partial charge in [0.25, 0.3) is 0 Å². The van der Waals surface area contributed by atoms with Crippen LogP contribution < -0.4 is 0 Å². The van der Waals surface area contributed by atoms with Crippen molar-refractivity contribution in [1.82, 2.24) is 20.2 Å². The first-order chi connectivity index (χ1) is 6.27.